The van der Waals surface area contributed by atoms with Crippen molar-refractivity contribution in [3.05, 3.63) is 30.1 Å². The standard InChI is InChI=1S/C16H21FO4/c1-4-10-20-14(18)16(5-2,6-3)15(19)21-13-9-7-8-12(17)11-13/h7-9,11H,4-6,10H2,1-3H3. The highest BCUT2D eigenvalue weighted by molar-refractivity contribution is 6.00. The smallest absolute Gasteiger partial charge is 0.328 e. The van der Waals surface area contributed by atoms with Gasteiger partial charge in [0, 0.05) is 6.07 Å². The normalized spacial score (nSPS) is 11.0. The van der Waals surface area contributed by atoms with Gasteiger partial charge < -0.3 is 9.47 Å². The monoisotopic (exact) mass is 296 g/mol. The highest BCUT2D eigenvalue weighted by atomic mass is 19.1. The fraction of sp³-hybridized carbons (Fsp3) is 0.500. The summed E-state index contributed by atoms with van der Waals surface area (Å²) in [7, 11) is 0. The zero-order valence-corrected chi connectivity index (χ0v) is 12.6. The maximum atomic E-state index is 13.1. The number of esters is 2. The molecular weight excluding hydrogens is 275 g/mol. The van der Waals surface area contributed by atoms with Crippen LogP contribution in [0.15, 0.2) is 24.3 Å². The zero-order chi connectivity index (χ0) is 15.9. The fourth-order valence-electron chi connectivity index (χ4n) is 1.98. The van der Waals surface area contributed by atoms with E-state index in [1.807, 2.05) is 6.92 Å². The van der Waals surface area contributed by atoms with E-state index >= 15 is 0 Å². The van der Waals surface area contributed by atoms with Crippen molar-refractivity contribution < 1.29 is 23.5 Å². The van der Waals surface area contributed by atoms with Gasteiger partial charge in [-0.2, -0.15) is 0 Å². The highest BCUT2D eigenvalue weighted by Crippen LogP contribution is 2.31. The third kappa shape index (κ3) is 4.03. The minimum atomic E-state index is -1.35. The summed E-state index contributed by atoms with van der Waals surface area (Å²) in [6.45, 7) is 5.58. The van der Waals surface area contributed by atoms with Crippen LogP contribution >= 0.6 is 0 Å². The quantitative estimate of drug-likeness (QED) is 0.439. The molecule has 4 nitrogen and oxygen atoms in total. The number of carbonyl (C=O) groups is 2. The molecule has 1 aromatic rings. The topological polar surface area (TPSA) is 52.6 Å². The van der Waals surface area contributed by atoms with Gasteiger partial charge in [-0.25, -0.2) is 4.39 Å². The van der Waals surface area contributed by atoms with Crippen LogP contribution in [0.25, 0.3) is 0 Å². The van der Waals surface area contributed by atoms with Crippen molar-refractivity contribution in [2.24, 2.45) is 5.41 Å². The number of benzene rings is 1. The molecule has 5 heteroatoms. The summed E-state index contributed by atoms with van der Waals surface area (Å²) in [6, 6.07) is 5.26. The second kappa shape index (κ2) is 7.76. The Morgan fingerprint density at radius 2 is 1.81 bits per heavy atom. The lowest BCUT2D eigenvalue weighted by Crippen LogP contribution is -2.42. The van der Waals surface area contributed by atoms with Crippen molar-refractivity contribution in [2.75, 3.05) is 6.61 Å². The molecule has 0 N–H and O–H groups in total. The van der Waals surface area contributed by atoms with Gasteiger partial charge in [-0.3, -0.25) is 9.59 Å². The van der Waals surface area contributed by atoms with Crippen LogP contribution < -0.4 is 4.74 Å². The van der Waals surface area contributed by atoms with Crippen LogP contribution in [0, 0.1) is 11.2 Å². The number of hydrogen-bond donors (Lipinski definition) is 0. The third-order valence-corrected chi connectivity index (χ3v) is 3.43. The van der Waals surface area contributed by atoms with E-state index in [1.165, 1.54) is 18.2 Å². The lowest BCUT2D eigenvalue weighted by molar-refractivity contribution is -0.168. The molecule has 0 amide bonds. The predicted octanol–water partition coefficient (Wildman–Crippen LogP) is 3.49. The number of rotatable bonds is 7. The van der Waals surface area contributed by atoms with Crippen LogP contribution in [0.2, 0.25) is 0 Å². The SMILES string of the molecule is CCCOC(=O)C(CC)(CC)C(=O)Oc1cccc(F)c1. The molecule has 0 bridgehead atoms. The molecule has 0 unspecified atom stereocenters. The Morgan fingerprint density at radius 1 is 1.14 bits per heavy atom. The molecule has 1 aromatic carbocycles. The summed E-state index contributed by atoms with van der Waals surface area (Å²) in [5, 5.41) is 0. The van der Waals surface area contributed by atoms with Gasteiger partial charge in [-0.1, -0.05) is 26.8 Å². The van der Waals surface area contributed by atoms with E-state index in [9.17, 15) is 14.0 Å². The maximum absolute atomic E-state index is 13.1. The molecule has 0 spiro atoms. The molecule has 0 radical (unpaired) electrons. The number of halogens is 1. The molecule has 0 saturated heterocycles. The van der Waals surface area contributed by atoms with Crippen LogP contribution in [0.3, 0.4) is 0 Å². The van der Waals surface area contributed by atoms with E-state index in [-0.39, 0.29) is 25.2 Å². The van der Waals surface area contributed by atoms with E-state index in [0.717, 1.165) is 6.07 Å². The molecule has 0 aromatic heterocycles. The summed E-state index contributed by atoms with van der Waals surface area (Å²) in [5.41, 5.74) is -1.35. The predicted molar refractivity (Wildman–Crippen MR) is 76.3 cm³/mol. The minimum absolute atomic E-state index is 0.0783. The first kappa shape index (κ1) is 17.1. The lowest BCUT2D eigenvalue weighted by Gasteiger charge is -2.26. The number of hydrogen-bond acceptors (Lipinski definition) is 4. The van der Waals surface area contributed by atoms with Crippen molar-refractivity contribution in [3.8, 4) is 5.75 Å². The van der Waals surface area contributed by atoms with Crippen molar-refractivity contribution in [1.29, 1.82) is 0 Å². The maximum Gasteiger partial charge on any atom is 0.328 e. The Hall–Kier alpha value is -1.91. The average Bonchev–Trinajstić information content (AvgIpc) is 2.47. The van der Waals surface area contributed by atoms with Gasteiger partial charge in [0.05, 0.1) is 6.61 Å². The molecule has 0 saturated carbocycles. The van der Waals surface area contributed by atoms with Crippen LogP contribution in [-0.2, 0) is 14.3 Å². The molecular formula is C16H21FO4. The Bertz CT molecular complexity index is 495. The molecule has 0 aliphatic rings. The van der Waals surface area contributed by atoms with Gasteiger partial charge in [-0.05, 0) is 31.4 Å². The molecule has 0 fully saturated rings. The Labute approximate surface area is 124 Å². The molecule has 21 heavy (non-hydrogen) atoms. The van der Waals surface area contributed by atoms with Crippen LogP contribution in [-0.4, -0.2) is 18.5 Å². The molecule has 116 valence electrons. The van der Waals surface area contributed by atoms with Gasteiger partial charge in [0.2, 0.25) is 0 Å². The van der Waals surface area contributed by atoms with E-state index in [2.05, 4.69) is 0 Å². The summed E-state index contributed by atoms with van der Waals surface area (Å²) in [6.07, 6.45) is 1.20. The van der Waals surface area contributed by atoms with Gasteiger partial charge in [0.25, 0.3) is 0 Å². The van der Waals surface area contributed by atoms with Crippen LogP contribution in [0.4, 0.5) is 4.39 Å². The molecule has 0 aliphatic heterocycles. The second-order valence-corrected chi connectivity index (χ2v) is 4.77. The molecule has 0 atom stereocenters. The molecule has 1 rings (SSSR count). The van der Waals surface area contributed by atoms with Gasteiger partial charge in [0.15, 0.2) is 5.41 Å². The summed E-state index contributed by atoms with van der Waals surface area (Å²) in [5.74, 6) is -1.73. The first-order valence-electron chi connectivity index (χ1n) is 7.15. The van der Waals surface area contributed by atoms with Crippen LogP contribution in [0.1, 0.15) is 40.0 Å². The van der Waals surface area contributed by atoms with Gasteiger partial charge in [-0.15, -0.1) is 0 Å². The largest absolute Gasteiger partial charge is 0.465 e. The van der Waals surface area contributed by atoms with Crippen molar-refractivity contribution in [2.45, 2.75) is 40.0 Å². The van der Waals surface area contributed by atoms with Crippen molar-refractivity contribution in [1.82, 2.24) is 0 Å². The number of carbonyl (C=O) groups excluding carboxylic acids is 2. The van der Waals surface area contributed by atoms with E-state index < -0.39 is 23.2 Å². The third-order valence-electron chi connectivity index (χ3n) is 3.43. The van der Waals surface area contributed by atoms with Gasteiger partial charge in [0.1, 0.15) is 11.6 Å². The first-order chi connectivity index (χ1) is 10.00. The summed E-state index contributed by atoms with van der Waals surface area (Å²) in [4.78, 5) is 24.6. The summed E-state index contributed by atoms with van der Waals surface area (Å²) < 4.78 is 23.4. The van der Waals surface area contributed by atoms with Crippen LogP contribution in [0.5, 0.6) is 5.75 Å². The lowest BCUT2D eigenvalue weighted by atomic mass is 9.82. The van der Waals surface area contributed by atoms with Gasteiger partial charge >= 0.3 is 11.9 Å². The minimum Gasteiger partial charge on any atom is -0.465 e. The molecule has 0 heterocycles. The Kier molecular flexibility index (Phi) is 6.34. The summed E-state index contributed by atoms with van der Waals surface area (Å²) >= 11 is 0. The number of ether oxygens (including phenoxy) is 2. The second-order valence-electron chi connectivity index (χ2n) is 4.77. The van der Waals surface area contributed by atoms with Crippen molar-refractivity contribution in [3.63, 3.8) is 0 Å². The molecule has 0 aliphatic carbocycles. The Balaban J connectivity index is 2.93. The zero-order valence-electron chi connectivity index (χ0n) is 12.6. The first-order valence-corrected chi connectivity index (χ1v) is 7.15. The van der Waals surface area contributed by atoms with Crippen molar-refractivity contribution >= 4 is 11.9 Å². The average molecular weight is 296 g/mol. The fourth-order valence-corrected chi connectivity index (χ4v) is 1.98. The highest BCUT2D eigenvalue weighted by Gasteiger charge is 2.46. The van der Waals surface area contributed by atoms with E-state index in [0.29, 0.717) is 6.42 Å². The van der Waals surface area contributed by atoms with E-state index in [4.69, 9.17) is 9.47 Å². The van der Waals surface area contributed by atoms with E-state index in [1.54, 1.807) is 13.8 Å². The Morgan fingerprint density at radius 3 is 2.33 bits per heavy atom.